The van der Waals surface area contributed by atoms with Gasteiger partial charge < -0.3 is 24.1 Å². The van der Waals surface area contributed by atoms with Gasteiger partial charge in [-0.05, 0) is 36.6 Å². The van der Waals surface area contributed by atoms with Crippen molar-refractivity contribution >= 4 is 16.8 Å². The van der Waals surface area contributed by atoms with Crippen LogP contribution in [0, 0.1) is 6.92 Å². The molecule has 2 aromatic heterocycles. The summed E-state index contributed by atoms with van der Waals surface area (Å²) in [4.78, 5) is 30.0. The van der Waals surface area contributed by atoms with Gasteiger partial charge in [0, 0.05) is 43.7 Å². The minimum Gasteiger partial charge on any atom is -0.427 e. The van der Waals surface area contributed by atoms with E-state index in [2.05, 4.69) is 11.1 Å². The topological polar surface area (TPSA) is 95.8 Å². The Labute approximate surface area is 167 Å². The number of carbonyl (C=O) groups is 1. The van der Waals surface area contributed by atoms with E-state index in [-0.39, 0.29) is 18.7 Å². The van der Waals surface area contributed by atoms with Gasteiger partial charge in [0.1, 0.15) is 17.4 Å². The molecule has 1 saturated heterocycles. The monoisotopic (exact) mass is 396 g/mol. The number of ether oxygens (including phenoxy) is 1. The number of aliphatic hydroxyl groups is 1. The van der Waals surface area contributed by atoms with Gasteiger partial charge in [0.25, 0.3) is 5.91 Å². The Hall–Kier alpha value is -2.90. The molecule has 1 amide bonds. The zero-order valence-electron chi connectivity index (χ0n) is 16.5. The van der Waals surface area contributed by atoms with E-state index in [1.54, 1.807) is 13.0 Å². The third kappa shape index (κ3) is 3.71. The summed E-state index contributed by atoms with van der Waals surface area (Å²) in [5.74, 6) is 0.114. The molecule has 0 saturated carbocycles. The Balaban J connectivity index is 1.51. The molecule has 7 nitrogen and oxygen atoms in total. The van der Waals surface area contributed by atoms with Gasteiger partial charge in [-0.1, -0.05) is 18.2 Å². The molecular formula is C22H24N2O5. The first-order valence-electron chi connectivity index (χ1n) is 9.66. The van der Waals surface area contributed by atoms with E-state index in [1.807, 2.05) is 24.4 Å². The van der Waals surface area contributed by atoms with E-state index >= 15 is 0 Å². The number of hydrogen-bond acceptors (Lipinski definition) is 5. The van der Waals surface area contributed by atoms with Crippen molar-refractivity contribution in [3.05, 3.63) is 69.4 Å². The van der Waals surface area contributed by atoms with Gasteiger partial charge in [-0.15, -0.1) is 0 Å². The highest BCUT2D eigenvalue weighted by Crippen LogP contribution is 2.21. The molecule has 2 N–H and O–H groups in total. The second-order valence-electron chi connectivity index (χ2n) is 7.47. The zero-order valence-corrected chi connectivity index (χ0v) is 16.5. The second kappa shape index (κ2) is 7.85. The van der Waals surface area contributed by atoms with Gasteiger partial charge in [0.15, 0.2) is 0 Å². The van der Waals surface area contributed by atoms with Crippen LogP contribution < -0.4 is 5.63 Å². The number of aromatic amines is 1. The Morgan fingerprint density at radius 2 is 2.10 bits per heavy atom. The number of nitrogens with one attached hydrogen (secondary N) is 1. The number of likely N-dealkylation sites (tertiary alicyclic amines) is 1. The molecule has 0 radical (unpaired) electrons. The van der Waals surface area contributed by atoms with Gasteiger partial charge in [-0.25, -0.2) is 4.79 Å². The smallest absolute Gasteiger partial charge is 0.349 e. The van der Waals surface area contributed by atoms with E-state index in [1.165, 1.54) is 12.0 Å². The van der Waals surface area contributed by atoms with Crippen LogP contribution in [0.3, 0.4) is 0 Å². The van der Waals surface area contributed by atoms with E-state index in [9.17, 15) is 14.7 Å². The normalized spacial score (nSPS) is 19.2. The van der Waals surface area contributed by atoms with Crippen molar-refractivity contribution < 1.29 is 19.1 Å². The quantitative estimate of drug-likeness (QED) is 0.688. The van der Waals surface area contributed by atoms with Crippen LogP contribution >= 0.6 is 0 Å². The summed E-state index contributed by atoms with van der Waals surface area (Å²) in [6, 6.07) is 9.81. The summed E-state index contributed by atoms with van der Waals surface area (Å²) in [5, 5.41) is 11.1. The maximum atomic E-state index is 12.8. The van der Waals surface area contributed by atoms with Crippen LogP contribution in [0.5, 0.6) is 0 Å². The first-order chi connectivity index (χ1) is 14.0. The number of benzene rings is 1. The van der Waals surface area contributed by atoms with Crippen LogP contribution in [0.4, 0.5) is 0 Å². The maximum absolute atomic E-state index is 12.8. The van der Waals surface area contributed by atoms with E-state index in [4.69, 9.17) is 9.15 Å². The third-order valence-corrected chi connectivity index (χ3v) is 5.56. The lowest BCUT2D eigenvalue weighted by Crippen LogP contribution is -2.34. The third-order valence-electron chi connectivity index (χ3n) is 5.56. The van der Waals surface area contributed by atoms with Crippen LogP contribution in [-0.4, -0.2) is 53.3 Å². The number of β-amino-alcohol motifs (C(OH)–C–C–N with tert-alkyl or cyclic N) is 1. The SMILES string of the molecule is CO[C@H]1CN(C(=O)c2c(C)cc(CCc3c[nH]c4ccccc34)oc2=O)C[C@@H]1O. The number of fused-ring (bicyclic) bond motifs is 1. The van der Waals surface area contributed by atoms with Crippen molar-refractivity contribution in [3.8, 4) is 0 Å². The van der Waals surface area contributed by atoms with Crippen molar-refractivity contribution in [2.75, 3.05) is 20.2 Å². The van der Waals surface area contributed by atoms with Gasteiger partial charge in [0.05, 0.1) is 6.10 Å². The predicted molar refractivity (Wildman–Crippen MR) is 108 cm³/mol. The minimum atomic E-state index is -0.758. The number of H-pyrrole nitrogens is 1. The van der Waals surface area contributed by atoms with Crippen LogP contribution in [0.1, 0.15) is 27.2 Å². The lowest BCUT2D eigenvalue weighted by Gasteiger charge is -2.16. The highest BCUT2D eigenvalue weighted by molar-refractivity contribution is 5.95. The Bertz CT molecular complexity index is 1100. The molecule has 0 unspecified atom stereocenters. The standard InChI is InChI=1S/C22H24N2O5/c1-13-9-15(8-7-14-10-23-17-6-4-3-5-16(14)17)29-22(27)20(13)21(26)24-11-18(25)19(12-24)28-2/h3-6,9-10,18-19,23,25H,7-8,11-12H2,1-2H3/t18-,19-/m0/s1. The summed E-state index contributed by atoms with van der Waals surface area (Å²) >= 11 is 0. The summed E-state index contributed by atoms with van der Waals surface area (Å²) in [5.41, 5.74) is 2.18. The zero-order chi connectivity index (χ0) is 20.5. The highest BCUT2D eigenvalue weighted by atomic mass is 16.5. The fraction of sp³-hybridized carbons (Fsp3) is 0.364. The lowest BCUT2D eigenvalue weighted by molar-refractivity contribution is 0.0215. The van der Waals surface area contributed by atoms with Crippen molar-refractivity contribution in [1.82, 2.24) is 9.88 Å². The number of amides is 1. The van der Waals surface area contributed by atoms with Crippen LogP contribution in [0.15, 0.2) is 45.7 Å². The van der Waals surface area contributed by atoms with Gasteiger partial charge in [-0.2, -0.15) is 0 Å². The Morgan fingerprint density at radius 3 is 2.83 bits per heavy atom. The van der Waals surface area contributed by atoms with Gasteiger partial charge in [0.2, 0.25) is 0 Å². The Morgan fingerprint density at radius 1 is 1.31 bits per heavy atom. The molecule has 4 rings (SSSR count). The minimum absolute atomic E-state index is 0.0183. The first kappa shape index (κ1) is 19.4. The molecule has 0 spiro atoms. The summed E-state index contributed by atoms with van der Waals surface area (Å²) in [6.07, 6.45) is 2.04. The molecule has 3 heterocycles. The van der Waals surface area contributed by atoms with Crippen molar-refractivity contribution in [2.24, 2.45) is 0 Å². The Kier molecular flexibility index (Phi) is 5.25. The maximum Gasteiger partial charge on any atom is 0.349 e. The van der Waals surface area contributed by atoms with Crippen molar-refractivity contribution in [1.29, 1.82) is 0 Å². The van der Waals surface area contributed by atoms with Gasteiger partial charge in [-0.3, -0.25) is 4.79 Å². The molecule has 1 aliphatic rings. The molecule has 29 heavy (non-hydrogen) atoms. The van der Waals surface area contributed by atoms with Crippen LogP contribution in [0.25, 0.3) is 10.9 Å². The summed E-state index contributed by atoms with van der Waals surface area (Å²) in [6.45, 7) is 2.12. The molecule has 2 atom stereocenters. The summed E-state index contributed by atoms with van der Waals surface area (Å²) in [7, 11) is 1.49. The number of carbonyl (C=O) groups excluding carboxylic acids is 1. The van der Waals surface area contributed by atoms with Crippen LogP contribution in [-0.2, 0) is 17.6 Å². The average molecular weight is 396 g/mol. The number of rotatable bonds is 5. The van der Waals surface area contributed by atoms with Crippen molar-refractivity contribution in [2.45, 2.75) is 32.0 Å². The van der Waals surface area contributed by atoms with E-state index in [0.717, 1.165) is 16.5 Å². The van der Waals surface area contributed by atoms with Gasteiger partial charge >= 0.3 is 5.63 Å². The van der Waals surface area contributed by atoms with Crippen molar-refractivity contribution in [3.63, 3.8) is 0 Å². The number of para-hydroxylation sites is 1. The fourth-order valence-electron chi connectivity index (χ4n) is 3.96. The number of aryl methyl sites for hydroxylation is 3. The number of aromatic nitrogens is 1. The molecule has 152 valence electrons. The predicted octanol–water partition coefficient (Wildman–Crippen LogP) is 2.05. The highest BCUT2D eigenvalue weighted by Gasteiger charge is 2.36. The molecule has 1 aromatic carbocycles. The molecule has 0 aliphatic carbocycles. The lowest BCUT2D eigenvalue weighted by atomic mass is 10.1. The molecular weight excluding hydrogens is 372 g/mol. The number of aliphatic hydroxyl groups excluding tert-OH is 1. The largest absolute Gasteiger partial charge is 0.427 e. The molecule has 1 aliphatic heterocycles. The molecule has 3 aromatic rings. The first-order valence-corrected chi connectivity index (χ1v) is 9.66. The fourth-order valence-corrected chi connectivity index (χ4v) is 3.96. The second-order valence-corrected chi connectivity index (χ2v) is 7.47. The number of hydrogen-bond donors (Lipinski definition) is 2. The van der Waals surface area contributed by atoms with E-state index in [0.29, 0.717) is 24.2 Å². The molecule has 7 heteroatoms. The number of nitrogens with zero attached hydrogens (tertiary/aromatic N) is 1. The molecule has 1 fully saturated rings. The number of methoxy groups -OCH3 is 1. The summed E-state index contributed by atoms with van der Waals surface area (Å²) < 4.78 is 10.6. The van der Waals surface area contributed by atoms with E-state index < -0.39 is 23.7 Å². The average Bonchev–Trinajstić information content (AvgIpc) is 3.29. The molecule has 0 bridgehead atoms. The van der Waals surface area contributed by atoms with Crippen LogP contribution in [0.2, 0.25) is 0 Å².